The molecule has 2 rings (SSSR count). The van der Waals surface area contributed by atoms with Gasteiger partial charge in [-0.05, 0) is 12.5 Å². The van der Waals surface area contributed by atoms with Crippen LogP contribution >= 0.6 is 0 Å². The van der Waals surface area contributed by atoms with Gasteiger partial charge in [-0.1, -0.05) is 36.4 Å². The predicted molar refractivity (Wildman–Crippen MR) is 66.4 cm³/mol. The van der Waals surface area contributed by atoms with Crippen LogP contribution < -0.4 is 0 Å². The quantitative estimate of drug-likeness (QED) is 0.721. The molecule has 1 aromatic rings. The summed E-state index contributed by atoms with van der Waals surface area (Å²) in [7, 11) is 0. The molecule has 0 aliphatic carbocycles. The van der Waals surface area contributed by atoms with Gasteiger partial charge in [-0.2, -0.15) is 0 Å². The maximum atomic E-state index is 5.40. The molecule has 0 N–H and O–H groups in total. The Balaban J connectivity index is 2.27. The first-order valence-electron chi connectivity index (χ1n) is 5.79. The number of benzene rings is 1. The number of morpholine rings is 1. The maximum Gasteiger partial charge on any atom is 0.0615 e. The van der Waals surface area contributed by atoms with Gasteiger partial charge in [0.1, 0.15) is 0 Å². The third-order valence-corrected chi connectivity index (χ3v) is 3.42. The molecule has 0 bridgehead atoms. The second kappa shape index (κ2) is 4.81. The third kappa shape index (κ3) is 2.04. The molecule has 0 spiro atoms. The fourth-order valence-corrected chi connectivity index (χ4v) is 2.23. The lowest BCUT2D eigenvalue weighted by atomic mass is 9.90. The van der Waals surface area contributed by atoms with Gasteiger partial charge in [0.05, 0.1) is 18.8 Å². The lowest BCUT2D eigenvalue weighted by Crippen LogP contribution is -2.48. The van der Waals surface area contributed by atoms with E-state index < -0.39 is 0 Å². The van der Waals surface area contributed by atoms with Crippen molar-refractivity contribution >= 4 is 0 Å². The predicted octanol–water partition coefficient (Wildman–Crippen LogP) is 2.42. The summed E-state index contributed by atoms with van der Waals surface area (Å²) in [6.07, 6.45) is 2.04. The molecule has 86 valence electrons. The molecule has 0 aromatic heterocycles. The molecular weight excluding hydrogens is 198 g/mol. The molecule has 1 fully saturated rings. The molecule has 1 heterocycles. The molecule has 2 heteroatoms. The lowest BCUT2D eigenvalue weighted by Gasteiger charge is -2.41. The average molecular weight is 217 g/mol. The van der Waals surface area contributed by atoms with Crippen molar-refractivity contribution in [3.8, 4) is 0 Å². The van der Waals surface area contributed by atoms with Crippen LogP contribution in [0.2, 0.25) is 0 Å². The second-order valence-electron chi connectivity index (χ2n) is 4.32. The van der Waals surface area contributed by atoms with Gasteiger partial charge in [0.15, 0.2) is 0 Å². The van der Waals surface area contributed by atoms with E-state index in [4.69, 9.17) is 4.74 Å². The highest BCUT2D eigenvalue weighted by Gasteiger charge is 2.31. The summed E-state index contributed by atoms with van der Waals surface area (Å²) in [4.78, 5) is 2.43. The van der Waals surface area contributed by atoms with E-state index in [1.165, 1.54) is 5.56 Å². The first kappa shape index (κ1) is 11.4. The topological polar surface area (TPSA) is 12.5 Å². The Morgan fingerprint density at radius 3 is 2.44 bits per heavy atom. The van der Waals surface area contributed by atoms with E-state index in [1.807, 2.05) is 12.1 Å². The number of nitrogens with zero attached hydrogens (tertiary/aromatic N) is 1. The summed E-state index contributed by atoms with van der Waals surface area (Å²) >= 11 is 0. The number of rotatable bonds is 3. The van der Waals surface area contributed by atoms with Crippen molar-refractivity contribution in [2.75, 3.05) is 26.3 Å². The lowest BCUT2D eigenvalue weighted by molar-refractivity contribution is -0.00184. The first-order chi connectivity index (χ1) is 7.77. The largest absolute Gasteiger partial charge is 0.379 e. The van der Waals surface area contributed by atoms with Crippen LogP contribution in [-0.2, 0) is 10.3 Å². The van der Waals surface area contributed by atoms with Crippen LogP contribution in [0.1, 0.15) is 12.5 Å². The third-order valence-electron chi connectivity index (χ3n) is 3.42. The van der Waals surface area contributed by atoms with E-state index in [1.54, 1.807) is 0 Å². The van der Waals surface area contributed by atoms with Crippen molar-refractivity contribution in [3.63, 3.8) is 0 Å². The summed E-state index contributed by atoms with van der Waals surface area (Å²) in [6, 6.07) is 10.5. The summed E-state index contributed by atoms with van der Waals surface area (Å²) in [5.41, 5.74) is 1.22. The average Bonchev–Trinajstić information content (AvgIpc) is 2.40. The highest BCUT2D eigenvalue weighted by Crippen LogP contribution is 2.29. The van der Waals surface area contributed by atoms with Crippen LogP contribution in [0.25, 0.3) is 0 Å². The Hall–Kier alpha value is -1.12. The van der Waals surface area contributed by atoms with Crippen LogP contribution in [0.3, 0.4) is 0 Å². The van der Waals surface area contributed by atoms with Crippen LogP contribution in [0, 0.1) is 0 Å². The van der Waals surface area contributed by atoms with Gasteiger partial charge >= 0.3 is 0 Å². The van der Waals surface area contributed by atoms with Gasteiger partial charge in [-0.3, -0.25) is 4.90 Å². The molecule has 0 unspecified atom stereocenters. The highest BCUT2D eigenvalue weighted by molar-refractivity contribution is 5.28. The van der Waals surface area contributed by atoms with Gasteiger partial charge in [-0.15, -0.1) is 6.58 Å². The summed E-state index contributed by atoms with van der Waals surface area (Å²) < 4.78 is 5.40. The molecule has 0 amide bonds. The smallest absolute Gasteiger partial charge is 0.0615 e. The Morgan fingerprint density at radius 2 is 1.88 bits per heavy atom. The van der Waals surface area contributed by atoms with Crippen LogP contribution in [0.5, 0.6) is 0 Å². The fourth-order valence-electron chi connectivity index (χ4n) is 2.23. The fraction of sp³-hybridized carbons (Fsp3) is 0.429. The molecule has 0 radical (unpaired) electrons. The molecule has 1 atom stereocenters. The normalized spacial score (nSPS) is 21.3. The molecule has 16 heavy (non-hydrogen) atoms. The van der Waals surface area contributed by atoms with Crippen molar-refractivity contribution in [1.29, 1.82) is 0 Å². The maximum absolute atomic E-state index is 5.40. The van der Waals surface area contributed by atoms with Gasteiger partial charge in [0.25, 0.3) is 0 Å². The minimum absolute atomic E-state index is 0.0783. The number of hydrogen-bond donors (Lipinski definition) is 0. The van der Waals surface area contributed by atoms with Crippen LogP contribution in [0.15, 0.2) is 43.0 Å². The SMILES string of the molecule is C=C[C@@](C)(c1ccccc1)N1CCOCC1. The minimum atomic E-state index is -0.0783. The van der Waals surface area contributed by atoms with Gasteiger partial charge in [0.2, 0.25) is 0 Å². The Labute approximate surface area is 97.5 Å². The molecule has 1 aliphatic rings. The summed E-state index contributed by atoms with van der Waals surface area (Å²) in [6.45, 7) is 9.80. The number of ether oxygens (including phenoxy) is 1. The minimum Gasteiger partial charge on any atom is -0.379 e. The van der Waals surface area contributed by atoms with Crippen molar-refractivity contribution in [2.24, 2.45) is 0 Å². The van der Waals surface area contributed by atoms with E-state index in [-0.39, 0.29) is 5.54 Å². The second-order valence-corrected chi connectivity index (χ2v) is 4.32. The molecule has 1 saturated heterocycles. The monoisotopic (exact) mass is 217 g/mol. The zero-order valence-corrected chi connectivity index (χ0v) is 9.86. The van der Waals surface area contributed by atoms with Crippen molar-refractivity contribution < 1.29 is 4.74 Å². The molecular formula is C14H19NO. The van der Waals surface area contributed by atoms with Gasteiger partial charge in [0, 0.05) is 13.1 Å². The standard InChI is InChI=1S/C14H19NO/c1-3-14(2,13-7-5-4-6-8-13)15-9-11-16-12-10-15/h3-8H,1,9-12H2,2H3/t14-/m0/s1. The van der Waals surface area contributed by atoms with Crippen molar-refractivity contribution in [3.05, 3.63) is 48.6 Å². The van der Waals surface area contributed by atoms with Crippen molar-refractivity contribution in [2.45, 2.75) is 12.5 Å². The molecule has 1 aliphatic heterocycles. The van der Waals surface area contributed by atoms with E-state index >= 15 is 0 Å². The summed E-state index contributed by atoms with van der Waals surface area (Å²) in [5.74, 6) is 0. The zero-order valence-electron chi connectivity index (χ0n) is 9.86. The van der Waals surface area contributed by atoms with Crippen LogP contribution in [0.4, 0.5) is 0 Å². The molecule has 1 aromatic carbocycles. The van der Waals surface area contributed by atoms with Crippen LogP contribution in [-0.4, -0.2) is 31.2 Å². The Bertz CT molecular complexity index is 343. The zero-order chi connectivity index (χ0) is 11.4. The number of hydrogen-bond acceptors (Lipinski definition) is 2. The van der Waals surface area contributed by atoms with Crippen molar-refractivity contribution in [1.82, 2.24) is 4.90 Å². The molecule has 2 nitrogen and oxygen atoms in total. The molecule has 0 saturated carbocycles. The Kier molecular flexibility index (Phi) is 3.42. The highest BCUT2D eigenvalue weighted by atomic mass is 16.5. The van der Waals surface area contributed by atoms with E-state index in [2.05, 4.69) is 42.7 Å². The Morgan fingerprint density at radius 1 is 1.25 bits per heavy atom. The summed E-state index contributed by atoms with van der Waals surface area (Å²) in [5, 5.41) is 0. The van der Waals surface area contributed by atoms with E-state index in [0.29, 0.717) is 0 Å². The van der Waals surface area contributed by atoms with E-state index in [0.717, 1.165) is 26.3 Å². The van der Waals surface area contributed by atoms with E-state index in [9.17, 15) is 0 Å². The first-order valence-corrected chi connectivity index (χ1v) is 5.79. The van der Waals surface area contributed by atoms with Gasteiger partial charge < -0.3 is 4.74 Å². The van der Waals surface area contributed by atoms with Gasteiger partial charge in [-0.25, -0.2) is 0 Å².